The monoisotopic (exact) mass is 403 g/mol. The van der Waals surface area contributed by atoms with E-state index in [0.29, 0.717) is 21.4 Å². The van der Waals surface area contributed by atoms with Crippen molar-refractivity contribution in [3.63, 3.8) is 0 Å². The molecular weight excluding hydrogens is 384 g/mol. The third kappa shape index (κ3) is 3.00. The molecule has 0 atom stereocenters. The number of pyridine rings is 1. The molecule has 0 aromatic carbocycles. The molecule has 4 aromatic rings. The molecule has 0 spiro atoms. The minimum Gasteiger partial charge on any atom is -0.317 e. The normalized spacial score (nSPS) is 15.2. The highest BCUT2D eigenvalue weighted by atomic mass is 32.1. The third-order valence-electron chi connectivity index (χ3n) is 5.08. The summed E-state index contributed by atoms with van der Waals surface area (Å²) < 4.78 is 18.5. The predicted octanol–water partition coefficient (Wildman–Crippen LogP) is 3.30. The lowest BCUT2D eigenvalue weighted by molar-refractivity contribution is 0.359. The number of rotatable bonds is 2. The summed E-state index contributed by atoms with van der Waals surface area (Å²) >= 11 is 1.37. The lowest BCUT2D eigenvalue weighted by Gasteiger charge is -2.24. The first-order valence-electron chi connectivity index (χ1n) is 8.97. The molecule has 0 radical (unpaired) electrons. The second kappa shape index (κ2) is 7.06. The van der Waals surface area contributed by atoms with Crippen molar-refractivity contribution < 1.29 is 9.09 Å². The van der Waals surface area contributed by atoms with Gasteiger partial charge in [0.25, 0.3) is 5.56 Å². The molecule has 4 aromatic heterocycles. The van der Waals surface area contributed by atoms with Gasteiger partial charge in [-0.3, -0.25) is 14.1 Å². The summed E-state index contributed by atoms with van der Waals surface area (Å²) in [5.74, 6) is -0.377. The first kappa shape index (κ1) is 18.7. The van der Waals surface area contributed by atoms with Crippen molar-refractivity contribution in [2.45, 2.75) is 25.8 Å². The Morgan fingerprint density at radius 1 is 1.25 bits per heavy atom. The van der Waals surface area contributed by atoms with E-state index < -0.39 is 0 Å². The summed E-state index contributed by atoms with van der Waals surface area (Å²) in [7, 11) is 0. The minimum atomic E-state index is -0.377. The fourth-order valence-electron chi connectivity index (χ4n) is 3.73. The standard InChI is InChI=1S/C19H18FN5OS.FH/c1-11-8-24-9-12(6-14(20)18(24)23-11)16-7-15-17(27-16)19(26)25(10-22-15)13-2-4-21-5-3-13;/h6-10,13,21H,2-5H2,1H3;1H. The number of aryl methyl sites for hydroxylation is 1. The SMILES string of the molecule is Cc1cn2cc(-c3cc4ncn(C5CCNCC5)c(=O)c4s3)cc(F)c2n1.F. The van der Waals surface area contributed by atoms with Gasteiger partial charge in [0.2, 0.25) is 0 Å². The van der Waals surface area contributed by atoms with Gasteiger partial charge in [-0.1, -0.05) is 0 Å². The number of nitrogens with one attached hydrogen (secondary N) is 1. The smallest absolute Gasteiger partial charge is 0.271 e. The summed E-state index contributed by atoms with van der Waals surface area (Å²) in [6.07, 6.45) is 7.13. The van der Waals surface area contributed by atoms with E-state index in [1.807, 2.05) is 19.2 Å². The molecule has 28 heavy (non-hydrogen) atoms. The van der Waals surface area contributed by atoms with E-state index in [1.165, 1.54) is 17.4 Å². The Morgan fingerprint density at radius 2 is 2.04 bits per heavy atom. The summed E-state index contributed by atoms with van der Waals surface area (Å²) in [6.45, 7) is 3.65. The maximum atomic E-state index is 14.4. The maximum absolute atomic E-state index is 14.4. The molecule has 1 fully saturated rings. The van der Waals surface area contributed by atoms with E-state index in [0.717, 1.165) is 36.5 Å². The van der Waals surface area contributed by atoms with Gasteiger partial charge in [-0.2, -0.15) is 0 Å². The Kier molecular flexibility index (Phi) is 4.72. The molecule has 1 N–H and O–H groups in total. The van der Waals surface area contributed by atoms with Crippen LogP contribution in [0.1, 0.15) is 24.6 Å². The average Bonchev–Trinajstić information content (AvgIpc) is 3.26. The number of thiophene rings is 1. The van der Waals surface area contributed by atoms with Crippen LogP contribution in [0.3, 0.4) is 0 Å². The van der Waals surface area contributed by atoms with Crippen LogP contribution in [0.25, 0.3) is 26.3 Å². The van der Waals surface area contributed by atoms with Gasteiger partial charge >= 0.3 is 0 Å². The van der Waals surface area contributed by atoms with E-state index in [2.05, 4.69) is 15.3 Å². The van der Waals surface area contributed by atoms with Crippen LogP contribution in [-0.2, 0) is 0 Å². The Hall–Kier alpha value is -2.65. The Balaban J connectivity index is 0.00000192. The van der Waals surface area contributed by atoms with E-state index >= 15 is 0 Å². The van der Waals surface area contributed by atoms with E-state index in [-0.39, 0.29) is 22.1 Å². The molecule has 0 aliphatic carbocycles. The highest BCUT2D eigenvalue weighted by molar-refractivity contribution is 7.22. The quantitative estimate of drug-likeness (QED) is 0.558. The molecule has 5 rings (SSSR count). The van der Waals surface area contributed by atoms with Crippen molar-refractivity contribution in [3.8, 4) is 10.4 Å². The van der Waals surface area contributed by atoms with Crippen molar-refractivity contribution in [2.24, 2.45) is 0 Å². The first-order chi connectivity index (χ1) is 13.1. The number of fused-ring (bicyclic) bond motifs is 2. The van der Waals surface area contributed by atoms with Gasteiger partial charge in [0.15, 0.2) is 11.5 Å². The van der Waals surface area contributed by atoms with Crippen LogP contribution >= 0.6 is 11.3 Å². The second-order valence-corrected chi connectivity index (χ2v) is 8.01. The number of nitrogens with zero attached hydrogens (tertiary/aromatic N) is 4. The highest BCUT2D eigenvalue weighted by Gasteiger charge is 2.19. The number of piperidine rings is 1. The molecule has 0 unspecified atom stereocenters. The number of hydrogen-bond donors (Lipinski definition) is 1. The van der Waals surface area contributed by atoms with E-state index in [9.17, 15) is 9.18 Å². The Labute approximate surface area is 163 Å². The fourth-order valence-corrected chi connectivity index (χ4v) is 4.75. The molecule has 1 aliphatic rings. The predicted molar refractivity (Wildman–Crippen MR) is 106 cm³/mol. The van der Waals surface area contributed by atoms with Crippen molar-refractivity contribution in [1.82, 2.24) is 24.3 Å². The van der Waals surface area contributed by atoms with Crippen LogP contribution in [0.5, 0.6) is 0 Å². The van der Waals surface area contributed by atoms with Gasteiger partial charge in [-0.05, 0) is 45.0 Å². The van der Waals surface area contributed by atoms with Gasteiger partial charge in [-0.15, -0.1) is 11.3 Å². The van der Waals surface area contributed by atoms with Gasteiger partial charge in [0.05, 0.1) is 17.5 Å². The topological polar surface area (TPSA) is 64.2 Å². The van der Waals surface area contributed by atoms with Crippen molar-refractivity contribution in [1.29, 1.82) is 0 Å². The molecule has 0 bridgehead atoms. The van der Waals surface area contributed by atoms with Crippen LogP contribution in [0, 0.1) is 12.7 Å². The van der Waals surface area contributed by atoms with Crippen LogP contribution in [0.4, 0.5) is 9.09 Å². The zero-order valence-corrected chi connectivity index (χ0v) is 16.0. The van der Waals surface area contributed by atoms with Gasteiger partial charge in [-0.25, -0.2) is 14.4 Å². The van der Waals surface area contributed by atoms with Gasteiger partial charge < -0.3 is 9.72 Å². The Bertz CT molecular complexity index is 1220. The molecular formula is C19H19F2N5OS. The summed E-state index contributed by atoms with van der Waals surface area (Å²) in [5, 5.41) is 3.31. The van der Waals surface area contributed by atoms with Crippen LogP contribution in [0.2, 0.25) is 0 Å². The zero-order chi connectivity index (χ0) is 18.5. The molecule has 146 valence electrons. The highest BCUT2D eigenvalue weighted by Crippen LogP contribution is 2.32. The minimum absolute atomic E-state index is 0. The number of aromatic nitrogens is 4. The van der Waals surface area contributed by atoms with E-state index in [1.54, 1.807) is 21.5 Å². The van der Waals surface area contributed by atoms with Crippen molar-refractivity contribution >= 4 is 27.2 Å². The summed E-state index contributed by atoms with van der Waals surface area (Å²) in [5.41, 5.74) is 2.43. The first-order valence-corrected chi connectivity index (χ1v) is 9.78. The lowest BCUT2D eigenvalue weighted by Crippen LogP contribution is -2.34. The molecule has 0 saturated carbocycles. The maximum Gasteiger partial charge on any atom is 0.271 e. The molecule has 0 amide bonds. The molecule has 1 saturated heterocycles. The number of imidazole rings is 1. The number of halogens is 2. The summed E-state index contributed by atoms with van der Waals surface area (Å²) in [6, 6.07) is 3.51. The summed E-state index contributed by atoms with van der Waals surface area (Å²) in [4.78, 5) is 22.5. The number of hydrogen-bond acceptors (Lipinski definition) is 5. The molecule has 9 heteroatoms. The van der Waals surface area contributed by atoms with Gasteiger partial charge in [0, 0.05) is 28.9 Å². The van der Waals surface area contributed by atoms with Gasteiger partial charge in [0.1, 0.15) is 4.70 Å². The van der Waals surface area contributed by atoms with Crippen molar-refractivity contribution in [3.05, 3.63) is 52.7 Å². The lowest BCUT2D eigenvalue weighted by atomic mass is 10.1. The molecule has 6 nitrogen and oxygen atoms in total. The molecule has 1 aliphatic heterocycles. The van der Waals surface area contributed by atoms with Crippen molar-refractivity contribution in [2.75, 3.05) is 13.1 Å². The zero-order valence-electron chi connectivity index (χ0n) is 15.2. The third-order valence-corrected chi connectivity index (χ3v) is 6.24. The van der Waals surface area contributed by atoms with Crippen LogP contribution < -0.4 is 10.9 Å². The van der Waals surface area contributed by atoms with Crippen LogP contribution in [-0.4, -0.2) is 32.0 Å². The fraction of sp³-hybridized carbons (Fsp3) is 0.316. The molecule has 5 heterocycles. The second-order valence-electron chi connectivity index (χ2n) is 6.95. The average molecular weight is 403 g/mol. The largest absolute Gasteiger partial charge is 0.317 e. The van der Waals surface area contributed by atoms with E-state index in [4.69, 9.17) is 0 Å². The van der Waals surface area contributed by atoms with Crippen LogP contribution in [0.15, 0.2) is 35.6 Å². The Morgan fingerprint density at radius 3 is 2.82 bits per heavy atom.